The van der Waals surface area contributed by atoms with E-state index in [0.29, 0.717) is 18.5 Å². The predicted octanol–water partition coefficient (Wildman–Crippen LogP) is 0.863. The third-order valence-electron chi connectivity index (χ3n) is 3.03. The minimum absolute atomic E-state index is 0.0153. The maximum atomic E-state index is 13.3. The second kappa shape index (κ2) is 5.39. The molecule has 0 radical (unpaired) electrons. The van der Waals surface area contributed by atoms with Crippen molar-refractivity contribution in [3.63, 3.8) is 0 Å². The average molecular weight is 334 g/mol. The van der Waals surface area contributed by atoms with Gasteiger partial charge in [-0.2, -0.15) is 0 Å². The third-order valence-corrected chi connectivity index (χ3v) is 5.00. The summed E-state index contributed by atoms with van der Waals surface area (Å²) in [7, 11) is -7.08. The first kappa shape index (κ1) is 15.9. The summed E-state index contributed by atoms with van der Waals surface area (Å²) in [5, 5.41) is 5.32. The largest absolute Gasteiger partial charge is 0.346 e. The van der Waals surface area contributed by atoms with Crippen LogP contribution in [-0.4, -0.2) is 33.4 Å². The molecule has 2 aromatic rings. The molecule has 0 saturated carbocycles. The van der Waals surface area contributed by atoms with Crippen LogP contribution in [0.3, 0.4) is 0 Å². The van der Waals surface area contributed by atoms with Gasteiger partial charge in [0.1, 0.15) is 20.5 Å². The fourth-order valence-electron chi connectivity index (χ4n) is 2.15. The standard InChI is InChI=1S/C12H15FN2O4S2/c1-20(16,17)6-2-5-15-8-12(21(14,18)19)10-7-9(13)3-4-11(10)15/h3-4,7-8H,2,5-6H2,1H3,(H2,14,18,19). The van der Waals surface area contributed by atoms with E-state index in [9.17, 15) is 21.2 Å². The summed E-state index contributed by atoms with van der Waals surface area (Å²) in [5.74, 6) is -0.584. The van der Waals surface area contributed by atoms with Crippen LogP contribution in [0.1, 0.15) is 6.42 Å². The topological polar surface area (TPSA) is 99.2 Å². The van der Waals surface area contributed by atoms with Gasteiger partial charge in [0.25, 0.3) is 0 Å². The van der Waals surface area contributed by atoms with Crippen LogP contribution in [0.5, 0.6) is 0 Å². The minimum Gasteiger partial charge on any atom is -0.346 e. The van der Waals surface area contributed by atoms with Crippen molar-refractivity contribution in [1.82, 2.24) is 4.57 Å². The first-order chi connectivity index (χ1) is 9.58. The van der Waals surface area contributed by atoms with Crippen molar-refractivity contribution in [3.05, 3.63) is 30.2 Å². The number of rotatable bonds is 5. The lowest BCUT2D eigenvalue weighted by Gasteiger charge is -2.04. The second-order valence-electron chi connectivity index (χ2n) is 4.88. The number of aryl methyl sites for hydroxylation is 1. The molecular formula is C12H15FN2O4S2. The van der Waals surface area contributed by atoms with Gasteiger partial charge in [-0.25, -0.2) is 26.4 Å². The molecule has 2 N–H and O–H groups in total. The monoisotopic (exact) mass is 334 g/mol. The molecule has 0 atom stereocenters. The Hall–Kier alpha value is -1.45. The quantitative estimate of drug-likeness (QED) is 0.876. The molecule has 0 amide bonds. The zero-order valence-corrected chi connectivity index (χ0v) is 12.9. The summed E-state index contributed by atoms with van der Waals surface area (Å²) in [4.78, 5) is -0.170. The molecular weight excluding hydrogens is 319 g/mol. The first-order valence-corrected chi connectivity index (χ1v) is 9.67. The van der Waals surface area contributed by atoms with E-state index in [4.69, 9.17) is 5.14 Å². The van der Waals surface area contributed by atoms with Gasteiger partial charge < -0.3 is 4.57 Å². The first-order valence-electron chi connectivity index (χ1n) is 6.07. The highest BCUT2D eigenvalue weighted by atomic mass is 32.2. The van der Waals surface area contributed by atoms with Gasteiger partial charge in [-0.1, -0.05) is 0 Å². The minimum atomic E-state index is -3.98. The smallest absolute Gasteiger partial charge is 0.240 e. The lowest BCUT2D eigenvalue weighted by molar-refractivity contribution is 0.590. The molecule has 1 aromatic heterocycles. The molecule has 6 nitrogen and oxygen atoms in total. The lowest BCUT2D eigenvalue weighted by Crippen LogP contribution is -2.11. The molecule has 21 heavy (non-hydrogen) atoms. The maximum absolute atomic E-state index is 13.3. The summed E-state index contributed by atoms with van der Waals surface area (Å²) < 4.78 is 60.2. The Bertz CT molecular complexity index is 885. The SMILES string of the molecule is CS(=O)(=O)CCCn1cc(S(N)(=O)=O)c2cc(F)ccc21. The van der Waals surface area contributed by atoms with Crippen molar-refractivity contribution in [2.24, 2.45) is 5.14 Å². The van der Waals surface area contributed by atoms with E-state index < -0.39 is 25.7 Å². The van der Waals surface area contributed by atoms with Crippen molar-refractivity contribution < 1.29 is 21.2 Å². The Morgan fingerprint density at radius 1 is 1.24 bits per heavy atom. The molecule has 0 aliphatic rings. The van der Waals surface area contributed by atoms with Crippen molar-refractivity contribution in [2.45, 2.75) is 17.9 Å². The van der Waals surface area contributed by atoms with E-state index >= 15 is 0 Å². The van der Waals surface area contributed by atoms with E-state index in [1.54, 1.807) is 4.57 Å². The number of sulfonamides is 1. The highest BCUT2D eigenvalue weighted by molar-refractivity contribution is 7.90. The van der Waals surface area contributed by atoms with Crippen LogP contribution in [0.25, 0.3) is 10.9 Å². The Labute approximate surface area is 122 Å². The molecule has 116 valence electrons. The molecule has 0 aliphatic carbocycles. The second-order valence-corrected chi connectivity index (χ2v) is 8.67. The molecule has 0 unspecified atom stereocenters. The van der Waals surface area contributed by atoms with E-state index in [1.165, 1.54) is 18.3 Å². The normalized spacial score (nSPS) is 12.9. The molecule has 2 rings (SSSR count). The van der Waals surface area contributed by atoms with E-state index in [0.717, 1.165) is 12.3 Å². The molecule has 0 saturated heterocycles. The molecule has 0 bridgehead atoms. The molecule has 0 spiro atoms. The Morgan fingerprint density at radius 2 is 1.90 bits per heavy atom. The number of nitrogens with two attached hydrogens (primary N) is 1. The van der Waals surface area contributed by atoms with Gasteiger partial charge in [-0.05, 0) is 24.6 Å². The summed E-state index contributed by atoms with van der Waals surface area (Å²) in [6, 6.07) is 3.75. The number of benzene rings is 1. The van der Waals surface area contributed by atoms with Crippen LogP contribution in [-0.2, 0) is 26.4 Å². The van der Waals surface area contributed by atoms with Crippen molar-refractivity contribution in [1.29, 1.82) is 0 Å². The zero-order valence-electron chi connectivity index (χ0n) is 11.3. The van der Waals surface area contributed by atoms with Crippen molar-refractivity contribution in [2.75, 3.05) is 12.0 Å². The van der Waals surface area contributed by atoms with Crippen LogP contribution in [0.2, 0.25) is 0 Å². The molecule has 1 heterocycles. The number of primary sulfonamides is 1. The molecule has 0 aliphatic heterocycles. The van der Waals surface area contributed by atoms with Crippen LogP contribution in [0, 0.1) is 5.82 Å². The fourth-order valence-corrected chi connectivity index (χ4v) is 3.54. The number of sulfone groups is 1. The van der Waals surface area contributed by atoms with Crippen LogP contribution in [0.15, 0.2) is 29.3 Å². The zero-order chi connectivity index (χ0) is 15.8. The number of hydrogen-bond donors (Lipinski definition) is 1. The van der Waals surface area contributed by atoms with Gasteiger partial charge >= 0.3 is 0 Å². The van der Waals surface area contributed by atoms with Gasteiger partial charge in [0.05, 0.1) is 5.75 Å². The van der Waals surface area contributed by atoms with Gasteiger partial charge in [-0.3, -0.25) is 0 Å². The number of halogens is 1. The highest BCUT2D eigenvalue weighted by Gasteiger charge is 2.18. The summed E-state index contributed by atoms with van der Waals surface area (Å²) in [6.07, 6.45) is 2.76. The van der Waals surface area contributed by atoms with Gasteiger partial charge in [0.2, 0.25) is 10.0 Å². The Morgan fingerprint density at radius 3 is 2.48 bits per heavy atom. The predicted molar refractivity (Wildman–Crippen MR) is 77.6 cm³/mol. The highest BCUT2D eigenvalue weighted by Crippen LogP contribution is 2.25. The number of hydrogen-bond acceptors (Lipinski definition) is 4. The number of aromatic nitrogens is 1. The number of fused-ring (bicyclic) bond motifs is 1. The van der Waals surface area contributed by atoms with Crippen LogP contribution < -0.4 is 5.14 Å². The van der Waals surface area contributed by atoms with Crippen LogP contribution >= 0.6 is 0 Å². The Balaban J connectivity index is 2.45. The average Bonchev–Trinajstić information content (AvgIpc) is 2.65. The van der Waals surface area contributed by atoms with Crippen molar-refractivity contribution in [3.8, 4) is 0 Å². The molecule has 0 fully saturated rings. The van der Waals surface area contributed by atoms with Crippen LogP contribution in [0.4, 0.5) is 4.39 Å². The molecule has 9 heteroatoms. The van der Waals surface area contributed by atoms with Gasteiger partial charge in [0, 0.05) is 29.9 Å². The summed E-state index contributed by atoms with van der Waals surface area (Å²) >= 11 is 0. The van der Waals surface area contributed by atoms with Gasteiger partial charge in [-0.15, -0.1) is 0 Å². The third kappa shape index (κ3) is 3.80. The summed E-state index contributed by atoms with van der Waals surface area (Å²) in [6.45, 7) is 0.296. The summed E-state index contributed by atoms with van der Waals surface area (Å²) in [5.41, 5.74) is 0.494. The Kier molecular flexibility index (Phi) is 4.09. The molecule has 1 aromatic carbocycles. The fraction of sp³-hybridized carbons (Fsp3) is 0.333. The lowest BCUT2D eigenvalue weighted by atomic mass is 10.2. The number of nitrogens with zero attached hydrogens (tertiary/aromatic N) is 1. The van der Waals surface area contributed by atoms with Crippen molar-refractivity contribution >= 4 is 30.8 Å². The van der Waals surface area contributed by atoms with Gasteiger partial charge in [0.15, 0.2) is 0 Å². The van der Waals surface area contributed by atoms with E-state index in [-0.39, 0.29) is 16.0 Å². The maximum Gasteiger partial charge on any atom is 0.240 e. The van der Waals surface area contributed by atoms with E-state index in [1.807, 2.05) is 0 Å². The van der Waals surface area contributed by atoms with E-state index in [2.05, 4.69) is 0 Å².